The number of hydrogen-bond acceptors (Lipinski definition) is 4. The fraction of sp³-hybridized carbons (Fsp3) is 0.619. The van der Waals surface area contributed by atoms with Gasteiger partial charge in [-0.15, -0.1) is 0 Å². The second-order valence-corrected chi connectivity index (χ2v) is 8.79. The van der Waals surface area contributed by atoms with Crippen LogP contribution in [0.5, 0.6) is 0 Å². The number of fused-ring (bicyclic) bond motifs is 1. The predicted octanol–water partition coefficient (Wildman–Crippen LogP) is 3.53. The van der Waals surface area contributed by atoms with E-state index < -0.39 is 18.1 Å². The van der Waals surface area contributed by atoms with Crippen LogP contribution in [0.2, 0.25) is 0 Å². The number of imide groups is 1. The van der Waals surface area contributed by atoms with Gasteiger partial charge in [-0.1, -0.05) is 51.1 Å². The molecule has 140 valence electrons. The quantitative estimate of drug-likeness (QED) is 0.899. The Bertz CT molecular complexity index is 731. The summed E-state index contributed by atoms with van der Waals surface area (Å²) >= 11 is 0. The molecule has 5 atom stereocenters. The van der Waals surface area contributed by atoms with Crippen molar-refractivity contribution in [2.24, 2.45) is 22.7 Å². The van der Waals surface area contributed by atoms with E-state index in [1.165, 1.54) is 4.90 Å². The summed E-state index contributed by atoms with van der Waals surface area (Å²) in [6.45, 7) is 6.57. The van der Waals surface area contributed by atoms with E-state index in [1.54, 1.807) is 19.1 Å². The van der Waals surface area contributed by atoms with E-state index in [2.05, 4.69) is 13.8 Å². The van der Waals surface area contributed by atoms with Gasteiger partial charge in [-0.3, -0.25) is 4.79 Å². The average Bonchev–Trinajstić information content (AvgIpc) is 3.00. The van der Waals surface area contributed by atoms with Crippen molar-refractivity contribution in [1.29, 1.82) is 0 Å². The lowest BCUT2D eigenvalue weighted by molar-refractivity contribution is -0.148. The molecule has 1 N–H and O–H groups in total. The SMILES string of the molecule is C[C@@H](C(=O)N1C[C@@]23CC[C@@H](C[C@H]2OC1=O)C3(C)C)[C@@H](O)c1ccccc1. The summed E-state index contributed by atoms with van der Waals surface area (Å²) in [5.41, 5.74) is 0.577. The summed E-state index contributed by atoms with van der Waals surface area (Å²) in [4.78, 5) is 26.8. The molecule has 1 aliphatic heterocycles. The van der Waals surface area contributed by atoms with Gasteiger partial charge >= 0.3 is 6.09 Å². The van der Waals surface area contributed by atoms with Crippen LogP contribution < -0.4 is 0 Å². The van der Waals surface area contributed by atoms with E-state index in [4.69, 9.17) is 4.74 Å². The van der Waals surface area contributed by atoms with E-state index in [0.29, 0.717) is 18.0 Å². The van der Waals surface area contributed by atoms with Gasteiger partial charge in [0, 0.05) is 12.0 Å². The first-order chi connectivity index (χ1) is 12.3. The minimum atomic E-state index is -0.945. The second-order valence-electron chi connectivity index (χ2n) is 8.79. The highest BCUT2D eigenvalue weighted by molar-refractivity contribution is 5.94. The first-order valence-electron chi connectivity index (χ1n) is 9.53. The maximum absolute atomic E-state index is 13.1. The summed E-state index contributed by atoms with van der Waals surface area (Å²) in [6.07, 6.45) is 1.44. The van der Waals surface area contributed by atoms with Crippen LogP contribution in [0.4, 0.5) is 4.79 Å². The van der Waals surface area contributed by atoms with E-state index in [-0.39, 0.29) is 22.8 Å². The molecule has 2 aliphatic carbocycles. The third kappa shape index (κ3) is 2.26. The topological polar surface area (TPSA) is 66.8 Å². The Morgan fingerprint density at radius 2 is 2.00 bits per heavy atom. The normalized spacial score (nSPS) is 34.2. The molecule has 1 saturated heterocycles. The van der Waals surface area contributed by atoms with Crippen LogP contribution in [0.1, 0.15) is 51.7 Å². The fourth-order valence-electron chi connectivity index (χ4n) is 5.56. The zero-order valence-electron chi connectivity index (χ0n) is 15.6. The van der Waals surface area contributed by atoms with Gasteiger partial charge in [0.1, 0.15) is 6.10 Å². The predicted molar refractivity (Wildman–Crippen MR) is 96.1 cm³/mol. The minimum absolute atomic E-state index is 0.0538. The number of hydrogen-bond donors (Lipinski definition) is 1. The van der Waals surface area contributed by atoms with Gasteiger partial charge in [0.2, 0.25) is 5.91 Å². The summed E-state index contributed by atoms with van der Waals surface area (Å²) in [6, 6.07) is 9.10. The molecule has 5 nitrogen and oxygen atoms in total. The molecule has 0 radical (unpaired) electrons. The average molecular weight is 357 g/mol. The number of aliphatic hydroxyl groups excluding tert-OH is 1. The number of ether oxygens (including phenoxy) is 1. The number of carbonyl (C=O) groups is 2. The highest BCUT2D eigenvalue weighted by Crippen LogP contribution is 2.67. The molecule has 1 spiro atoms. The van der Waals surface area contributed by atoms with Crippen molar-refractivity contribution >= 4 is 12.0 Å². The van der Waals surface area contributed by atoms with Crippen LogP contribution in [-0.4, -0.2) is 34.7 Å². The van der Waals surface area contributed by atoms with Crippen LogP contribution in [0.3, 0.4) is 0 Å². The molecule has 1 aromatic carbocycles. The van der Waals surface area contributed by atoms with Gasteiger partial charge in [-0.25, -0.2) is 9.69 Å². The Morgan fingerprint density at radius 3 is 2.65 bits per heavy atom. The molecular formula is C21H27NO4. The van der Waals surface area contributed by atoms with Gasteiger partial charge in [-0.05, 0) is 36.2 Å². The largest absolute Gasteiger partial charge is 0.445 e. The lowest BCUT2D eigenvalue weighted by Gasteiger charge is -2.48. The Balaban J connectivity index is 1.57. The van der Waals surface area contributed by atoms with Crippen molar-refractivity contribution in [3.63, 3.8) is 0 Å². The van der Waals surface area contributed by atoms with Gasteiger partial charge < -0.3 is 9.84 Å². The first kappa shape index (κ1) is 17.5. The molecule has 2 amide bonds. The zero-order chi connectivity index (χ0) is 18.7. The van der Waals surface area contributed by atoms with Crippen molar-refractivity contribution in [2.45, 2.75) is 52.2 Å². The standard InChI is InChI=1S/C21H27NO4/c1-13(17(23)14-7-5-4-6-8-14)18(24)22-12-21-10-9-15(20(21,2)3)11-16(21)26-19(22)25/h4-8,13,15-17,23H,9-12H2,1-3H3/t13-,15+,16-,17-,21+/m1/s1. The molecule has 1 heterocycles. The van der Waals surface area contributed by atoms with Crippen molar-refractivity contribution < 1.29 is 19.4 Å². The van der Waals surface area contributed by atoms with Crippen LogP contribution >= 0.6 is 0 Å². The van der Waals surface area contributed by atoms with Crippen LogP contribution in [0, 0.1) is 22.7 Å². The summed E-state index contributed by atoms with van der Waals surface area (Å²) in [5, 5.41) is 10.6. The number of rotatable bonds is 3. The Hall–Kier alpha value is -1.88. The molecule has 5 heteroatoms. The minimum Gasteiger partial charge on any atom is -0.445 e. The maximum atomic E-state index is 13.1. The number of carbonyl (C=O) groups excluding carboxylic acids is 2. The van der Waals surface area contributed by atoms with E-state index in [0.717, 1.165) is 19.3 Å². The van der Waals surface area contributed by atoms with Crippen molar-refractivity contribution in [3.05, 3.63) is 35.9 Å². The lowest BCUT2D eigenvalue weighted by atomic mass is 9.67. The highest BCUT2D eigenvalue weighted by Gasteiger charge is 2.68. The van der Waals surface area contributed by atoms with E-state index in [9.17, 15) is 14.7 Å². The second kappa shape index (κ2) is 5.81. The molecule has 0 unspecified atom stereocenters. The monoisotopic (exact) mass is 357 g/mol. The third-order valence-corrected chi connectivity index (χ3v) is 7.53. The Kier molecular flexibility index (Phi) is 3.92. The van der Waals surface area contributed by atoms with Crippen molar-refractivity contribution in [2.75, 3.05) is 6.54 Å². The molecule has 0 aromatic heterocycles. The number of amides is 2. The molecule has 1 aromatic rings. The van der Waals surface area contributed by atoms with Gasteiger partial charge in [0.25, 0.3) is 0 Å². The summed E-state index contributed by atoms with van der Waals surface area (Å²) < 4.78 is 5.72. The zero-order valence-corrected chi connectivity index (χ0v) is 15.6. The van der Waals surface area contributed by atoms with Crippen LogP contribution in [0.25, 0.3) is 0 Å². The number of aliphatic hydroxyl groups is 1. The lowest BCUT2D eigenvalue weighted by Crippen LogP contribution is -2.59. The van der Waals surface area contributed by atoms with Gasteiger partial charge in [-0.2, -0.15) is 0 Å². The van der Waals surface area contributed by atoms with E-state index >= 15 is 0 Å². The fourth-order valence-corrected chi connectivity index (χ4v) is 5.56. The Morgan fingerprint density at radius 1 is 1.31 bits per heavy atom. The van der Waals surface area contributed by atoms with Crippen LogP contribution in [0.15, 0.2) is 30.3 Å². The molecule has 3 aliphatic rings. The molecule has 2 saturated carbocycles. The molecular weight excluding hydrogens is 330 g/mol. The van der Waals surface area contributed by atoms with Gasteiger partial charge in [0.05, 0.1) is 12.0 Å². The van der Waals surface area contributed by atoms with Crippen molar-refractivity contribution in [3.8, 4) is 0 Å². The summed E-state index contributed by atoms with van der Waals surface area (Å²) in [7, 11) is 0. The Labute approximate surface area is 154 Å². The highest BCUT2D eigenvalue weighted by atomic mass is 16.6. The smallest absolute Gasteiger partial charge is 0.416 e. The van der Waals surface area contributed by atoms with Crippen LogP contribution in [-0.2, 0) is 9.53 Å². The first-order valence-corrected chi connectivity index (χ1v) is 9.53. The number of benzene rings is 1. The molecule has 4 rings (SSSR count). The summed E-state index contributed by atoms with van der Waals surface area (Å²) in [5.74, 6) is -0.521. The molecule has 26 heavy (non-hydrogen) atoms. The maximum Gasteiger partial charge on any atom is 0.416 e. The molecule has 3 fully saturated rings. The van der Waals surface area contributed by atoms with Crippen molar-refractivity contribution in [1.82, 2.24) is 4.90 Å². The third-order valence-electron chi connectivity index (χ3n) is 7.53. The number of nitrogens with zero attached hydrogens (tertiary/aromatic N) is 1. The van der Waals surface area contributed by atoms with E-state index in [1.807, 2.05) is 18.2 Å². The molecule has 2 bridgehead atoms. The van der Waals surface area contributed by atoms with Gasteiger partial charge in [0.15, 0.2) is 0 Å².